The Hall–Kier alpha value is -2.43. The molecule has 0 unspecified atom stereocenters. The fourth-order valence-corrected chi connectivity index (χ4v) is 4.75. The van der Waals surface area contributed by atoms with E-state index in [1.165, 1.54) is 11.6 Å². The lowest BCUT2D eigenvalue weighted by Gasteiger charge is -2.23. The van der Waals surface area contributed by atoms with E-state index < -0.39 is 6.10 Å². The van der Waals surface area contributed by atoms with E-state index in [4.69, 9.17) is 4.74 Å². The molecular formula is C26H36ClN3O5S. The molecule has 2 aromatic carbocycles. The summed E-state index contributed by atoms with van der Waals surface area (Å²) in [6.45, 7) is 5.12. The second kappa shape index (κ2) is 15.6. The van der Waals surface area contributed by atoms with Gasteiger partial charge in [0.05, 0.1) is 30.4 Å². The number of rotatable bonds is 15. The first-order valence-corrected chi connectivity index (χ1v) is 12.9. The van der Waals surface area contributed by atoms with Gasteiger partial charge in [-0.15, -0.1) is 12.4 Å². The second-order valence-corrected chi connectivity index (χ2v) is 9.43. The van der Waals surface area contributed by atoms with Crippen molar-refractivity contribution < 1.29 is 19.7 Å². The van der Waals surface area contributed by atoms with Crippen LogP contribution in [0.25, 0.3) is 10.2 Å². The number of halogens is 1. The molecule has 0 aliphatic carbocycles. The van der Waals surface area contributed by atoms with Crippen LogP contribution in [0, 0.1) is 0 Å². The monoisotopic (exact) mass is 537 g/mol. The summed E-state index contributed by atoms with van der Waals surface area (Å²) in [4.78, 5) is 28.6. The SMILES string of the molecule is CCCCN(CCNC[C@H](O)c1ccc(O)c2[nH]c(=O)sc12)C(=O)CCOCCc1ccccc1.Cl. The number of aromatic amines is 1. The minimum atomic E-state index is -0.845. The molecule has 0 spiro atoms. The number of aliphatic hydroxyl groups is 1. The van der Waals surface area contributed by atoms with E-state index >= 15 is 0 Å². The Morgan fingerprint density at radius 3 is 2.69 bits per heavy atom. The van der Waals surface area contributed by atoms with Crippen LogP contribution >= 0.6 is 23.7 Å². The van der Waals surface area contributed by atoms with Gasteiger partial charge in [-0.25, -0.2) is 0 Å². The van der Waals surface area contributed by atoms with E-state index in [1.54, 1.807) is 6.07 Å². The molecule has 0 radical (unpaired) electrons. The molecule has 3 aromatic rings. The van der Waals surface area contributed by atoms with Crippen molar-refractivity contribution in [2.24, 2.45) is 0 Å². The number of ether oxygens (including phenoxy) is 1. The number of amides is 1. The Morgan fingerprint density at radius 1 is 1.17 bits per heavy atom. The number of aromatic nitrogens is 1. The predicted molar refractivity (Wildman–Crippen MR) is 146 cm³/mol. The molecule has 1 amide bonds. The number of fused-ring (bicyclic) bond motifs is 1. The molecule has 8 nitrogen and oxygen atoms in total. The number of aromatic hydroxyl groups is 1. The van der Waals surface area contributed by atoms with Gasteiger partial charge in [-0.1, -0.05) is 61.1 Å². The number of nitrogens with one attached hydrogen (secondary N) is 2. The van der Waals surface area contributed by atoms with Crippen LogP contribution in [0.5, 0.6) is 5.75 Å². The lowest BCUT2D eigenvalue weighted by atomic mass is 10.1. The van der Waals surface area contributed by atoms with Crippen LogP contribution in [0.3, 0.4) is 0 Å². The number of nitrogens with zero attached hydrogens (tertiary/aromatic N) is 1. The third kappa shape index (κ3) is 8.90. The minimum absolute atomic E-state index is 0. The molecule has 1 aromatic heterocycles. The van der Waals surface area contributed by atoms with Crippen LogP contribution in [0.15, 0.2) is 47.3 Å². The number of carbonyl (C=O) groups is 1. The van der Waals surface area contributed by atoms with Crippen LogP contribution < -0.4 is 10.2 Å². The lowest BCUT2D eigenvalue weighted by molar-refractivity contribution is -0.132. The third-order valence-corrected chi connectivity index (χ3v) is 6.75. The molecule has 0 bridgehead atoms. The number of hydrogen-bond donors (Lipinski definition) is 4. The first kappa shape index (κ1) is 29.8. The number of benzene rings is 2. The van der Waals surface area contributed by atoms with Crippen molar-refractivity contribution in [1.82, 2.24) is 15.2 Å². The minimum Gasteiger partial charge on any atom is -0.506 e. The maximum Gasteiger partial charge on any atom is 0.305 e. The van der Waals surface area contributed by atoms with E-state index in [9.17, 15) is 19.8 Å². The van der Waals surface area contributed by atoms with E-state index in [1.807, 2.05) is 23.1 Å². The van der Waals surface area contributed by atoms with Gasteiger partial charge in [0.15, 0.2) is 0 Å². The highest BCUT2D eigenvalue weighted by molar-refractivity contribution is 7.16. The van der Waals surface area contributed by atoms with Crippen molar-refractivity contribution in [1.29, 1.82) is 0 Å². The average Bonchev–Trinajstić information content (AvgIpc) is 3.26. The summed E-state index contributed by atoms with van der Waals surface area (Å²) in [6, 6.07) is 13.2. The molecule has 198 valence electrons. The maximum absolute atomic E-state index is 12.7. The molecular weight excluding hydrogens is 502 g/mol. The molecule has 1 heterocycles. The number of H-pyrrole nitrogens is 1. The standard InChI is InChI=1S/C26H35N3O5S.ClH/c1-2-3-14-29(23(32)12-17-34-16-11-19-7-5-4-6-8-19)15-13-27-18-22(31)20-9-10-21(30)24-25(20)35-26(33)28-24;/h4-10,22,27,30-31H,2-3,11-18H2,1H3,(H,28,33);1H/t22-;/m0./s1. The van der Waals surface area contributed by atoms with Crippen molar-refractivity contribution in [3.05, 3.63) is 63.3 Å². The Balaban J connectivity index is 0.00000456. The third-order valence-electron chi connectivity index (χ3n) is 5.82. The first-order valence-electron chi connectivity index (χ1n) is 12.1. The fourth-order valence-electron chi connectivity index (χ4n) is 3.83. The summed E-state index contributed by atoms with van der Waals surface area (Å²) in [7, 11) is 0. The number of phenols is 1. The Bertz CT molecular complexity index is 1120. The van der Waals surface area contributed by atoms with Gasteiger partial charge in [-0.2, -0.15) is 0 Å². The predicted octanol–water partition coefficient (Wildman–Crippen LogP) is 3.62. The molecule has 0 fully saturated rings. The van der Waals surface area contributed by atoms with E-state index in [0.29, 0.717) is 55.0 Å². The Kier molecular flexibility index (Phi) is 12.9. The van der Waals surface area contributed by atoms with Gasteiger partial charge >= 0.3 is 4.87 Å². The van der Waals surface area contributed by atoms with Crippen LogP contribution in [0.4, 0.5) is 0 Å². The van der Waals surface area contributed by atoms with Crippen molar-refractivity contribution in [3.63, 3.8) is 0 Å². The first-order chi connectivity index (χ1) is 17.0. The van der Waals surface area contributed by atoms with Crippen LogP contribution in [-0.4, -0.2) is 65.4 Å². The van der Waals surface area contributed by atoms with Gasteiger partial charge in [0, 0.05) is 31.7 Å². The molecule has 0 saturated carbocycles. The summed E-state index contributed by atoms with van der Waals surface area (Å²) in [5.74, 6) is 0.0502. The van der Waals surface area contributed by atoms with Crippen molar-refractivity contribution in [2.45, 2.75) is 38.7 Å². The van der Waals surface area contributed by atoms with Crippen molar-refractivity contribution >= 4 is 39.9 Å². The number of unbranched alkanes of at least 4 members (excludes halogenated alkanes) is 1. The topological polar surface area (TPSA) is 115 Å². The van der Waals surface area contributed by atoms with Crippen LogP contribution in [-0.2, 0) is 16.0 Å². The molecule has 0 aliphatic rings. The fraction of sp³-hybridized carbons (Fsp3) is 0.462. The number of thiazole rings is 1. The van der Waals surface area contributed by atoms with Crippen LogP contribution in [0.1, 0.15) is 43.4 Å². The van der Waals surface area contributed by atoms with Gasteiger partial charge in [0.25, 0.3) is 0 Å². The van der Waals surface area contributed by atoms with Gasteiger partial charge < -0.3 is 30.2 Å². The Labute approximate surface area is 221 Å². The van der Waals surface area contributed by atoms with Crippen LogP contribution in [0.2, 0.25) is 0 Å². The van der Waals surface area contributed by atoms with E-state index in [2.05, 4.69) is 29.4 Å². The zero-order valence-corrected chi connectivity index (χ0v) is 22.2. The molecule has 0 saturated heterocycles. The molecule has 1 atom stereocenters. The molecule has 3 rings (SSSR count). The van der Waals surface area contributed by atoms with Crippen molar-refractivity contribution in [3.8, 4) is 5.75 Å². The summed E-state index contributed by atoms with van der Waals surface area (Å²) in [5, 5.41) is 23.8. The van der Waals surface area contributed by atoms with E-state index in [-0.39, 0.29) is 35.5 Å². The lowest BCUT2D eigenvalue weighted by Crippen LogP contribution is -2.38. The average molecular weight is 538 g/mol. The van der Waals surface area contributed by atoms with E-state index in [0.717, 1.165) is 30.6 Å². The highest BCUT2D eigenvalue weighted by atomic mass is 35.5. The number of aliphatic hydroxyl groups excluding tert-OH is 1. The van der Waals surface area contributed by atoms with Crippen molar-refractivity contribution in [2.75, 3.05) is 39.4 Å². The summed E-state index contributed by atoms with van der Waals surface area (Å²) >= 11 is 0.964. The number of hydrogen-bond acceptors (Lipinski definition) is 7. The highest BCUT2D eigenvalue weighted by Gasteiger charge is 2.17. The smallest absolute Gasteiger partial charge is 0.305 e. The largest absolute Gasteiger partial charge is 0.506 e. The molecule has 10 heteroatoms. The molecule has 36 heavy (non-hydrogen) atoms. The summed E-state index contributed by atoms with van der Waals surface area (Å²) in [6.07, 6.45) is 2.26. The zero-order valence-electron chi connectivity index (χ0n) is 20.6. The number of phenolic OH excluding ortho intramolecular Hbond substituents is 1. The van der Waals surface area contributed by atoms with Gasteiger partial charge in [-0.05, 0) is 24.5 Å². The molecule has 0 aliphatic heterocycles. The quantitative estimate of drug-likeness (QED) is 0.220. The molecule has 4 N–H and O–H groups in total. The normalized spacial score (nSPS) is 11.8. The van der Waals surface area contributed by atoms with Gasteiger partial charge in [-0.3, -0.25) is 9.59 Å². The number of carbonyl (C=O) groups excluding carboxylic acids is 1. The maximum atomic E-state index is 12.7. The summed E-state index contributed by atoms with van der Waals surface area (Å²) < 4.78 is 6.23. The Morgan fingerprint density at radius 2 is 1.94 bits per heavy atom. The highest BCUT2D eigenvalue weighted by Crippen LogP contribution is 2.31. The van der Waals surface area contributed by atoms with Gasteiger partial charge in [0.1, 0.15) is 11.3 Å². The van der Waals surface area contributed by atoms with Gasteiger partial charge in [0.2, 0.25) is 5.91 Å². The second-order valence-electron chi connectivity index (χ2n) is 8.44. The zero-order chi connectivity index (χ0) is 25.0. The summed E-state index contributed by atoms with van der Waals surface area (Å²) in [5.41, 5.74) is 2.15.